The Morgan fingerprint density at radius 3 is 2.15 bits per heavy atom. The first kappa shape index (κ1) is 31.5. The van der Waals surface area contributed by atoms with Crippen molar-refractivity contribution in [2.24, 2.45) is 0 Å². The van der Waals surface area contributed by atoms with Crippen LogP contribution in [-0.4, -0.2) is 19.7 Å². The van der Waals surface area contributed by atoms with Crippen LogP contribution in [0.3, 0.4) is 0 Å². The Labute approximate surface area is 245 Å². The number of benzene rings is 2. The molecule has 1 heterocycles. The lowest BCUT2D eigenvalue weighted by Crippen LogP contribution is -2.34. The number of hydrogen-bond acceptors (Lipinski definition) is 4. The fourth-order valence-corrected chi connectivity index (χ4v) is 5.42. The van der Waals surface area contributed by atoms with Crippen LogP contribution in [0.2, 0.25) is 0 Å². The van der Waals surface area contributed by atoms with Gasteiger partial charge in [-0.25, -0.2) is 4.79 Å². The van der Waals surface area contributed by atoms with E-state index in [-0.39, 0.29) is 6.03 Å². The van der Waals surface area contributed by atoms with Gasteiger partial charge in [0.1, 0.15) is 11.5 Å². The molecule has 3 aromatic rings. The predicted molar refractivity (Wildman–Crippen MR) is 167 cm³/mol. The zero-order valence-electron chi connectivity index (χ0n) is 24.7. The van der Waals surface area contributed by atoms with Crippen molar-refractivity contribution in [1.82, 2.24) is 0 Å². The maximum atomic E-state index is 13.0. The molecule has 6 nitrogen and oxygen atoms in total. The number of aromatic nitrogens is 1. The fraction of sp³-hybridized carbons (Fsp3) is 0.515. The summed E-state index contributed by atoms with van der Waals surface area (Å²) in [7, 11) is 1.63. The maximum absolute atomic E-state index is 13.0. The Balaban J connectivity index is 1.43. The molecular formula is C33H48N3O3S+. The highest BCUT2D eigenvalue weighted by molar-refractivity contribution is 7.09. The van der Waals surface area contributed by atoms with Gasteiger partial charge in [-0.05, 0) is 24.6 Å². The van der Waals surface area contributed by atoms with Gasteiger partial charge in [0, 0.05) is 18.6 Å². The van der Waals surface area contributed by atoms with Gasteiger partial charge in [0.15, 0.2) is 12.7 Å². The van der Waals surface area contributed by atoms with Crippen molar-refractivity contribution in [2.45, 2.75) is 97.4 Å². The molecule has 2 aromatic carbocycles. The summed E-state index contributed by atoms with van der Waals surface area (Å²) in [6.07, 6.45) is 17.7. The molecule has 0 fully saturated rings. The number of thiazole rings is 1. The number of para-hydroxylation sites is 1. The molecule has 0 bridgehead atoms. The number of urea groups is 1. The Kier molecular flexibility index (Phi) is 14.4. The molecule has 0 aliphatic heterocycles. The minimum atomic E-state index is -0.306. The van der Waals surface area contributed by atoms with Crippen molar-refractivity contribution in [2.75, 3.05) is 24.4 Å². The first-order valence-corrected chi connectivity index (χ1v) is 15.9. The molecule has 3 rings (SSSR count). The first-order valence-electron chi connectivity index (χ1n) is 15.0. The molecule has 0 spiro atoms. The number of unbranched alkanes of at least 4 members (excludes halogenated alkanes) is 11. The molecule has 40 heavy (non-hydrogen) atoms. The molecule has 2 N–H and O–H groups in total. The van der Waals surface area contributed by atoms with Crippen LogP contribution in [0.4, 0.5) is 16.2 Å². The van der Waals surface area contributed by atoms with Crippen molar-refractivity contribution in [3.63, 3.8) is 0 Å². The zero-order valence-corrected chi connectivity index (χ0v) is 25.5. The Morgan fingerprint density at radius 2 is 1.50 bits per heavy atom. The highest BCUT2D eigenvalue weighted by Gasteiger charge is 2.15. The molecule has 0 atom stereocenters. The number of hydrogen-bond donors (Lipinski definition) is 2. The molecule has 2 amide bonds. The maximum Gasteiger partial charge on any atom is 0.323 e. The number of nitrogens with zero attached hydrogens (tertiary/aromatic N) is 1. The number of nitrogens with one attached hydrogen (secondary N) is 2. The van der Waals surface area contributed by atoms with E-state index in [1.165, 1.54) is 69.2 Å². The predicted octanol–water partition coefficient (Wildman–Crippen LogP) is 9.12. The van der Waals surface area contributed by atoms with E-state index in [9.17, 15) is 4.79 Å². The second kappa shape index (κ2) is 18.3. The molecule has 0 radical (unpaired) electrons. The van der Waals surface area contributed by atoms with Crippen LogP contribution in [-0.2, 0) is 6.54 Å². The van der Waals surface area contributed by atoms with E-state index in [4.69, 9.17) is 9.47 Å². The Bertz CT molecular complexity index is 1150. The molecule has 218 valence electrons. The number of carbonyl (C=O) groups excluding carboxylic acids is 1. The van der Waals surface area contributed by atoms with Gasteiger partial charge >= 0.3 is 6.03 Å². The number of carbonyl (C=O) groups is 1. The summed E-state index contributed by atoms with van der Waals surface area (Å²) in [5.41, 5.74) is 2.45. The van der Waals surface area contributed by atoms with Gasteiger partial charge in [0.2, 0.25) is 5.01 Å². The lowest BCUT2D eigenvalue weighted by Gasteiger charge is -2.15. The third kappa shape index (κ3) is 11.2. The first-order chi connectivity index (χ1) is 19.6. The average molecular weight is 567 g/mol. The molecular weight excluding hydrogens is 518 g/mol. The monoisotopic (exact) mass is 566 g/mol. The van der Waals surface area contributed by atoms with Crippen LogP contribution in [0.5, 0.6) is 11.5 Å². The molecule has 7 heteroatoms. The standard InChI is InChI=1S/C33H47N3O3S/c1-4-5-6-7-8-9-10-11-12-13-14-17-23-39-32-25-29(38-3)20-21-31(32)35-33(37)34-30-19-16-15-18-28(30)26-36-22-24-40-27(36)2/h15-16,18-22,24-25H,4-14,17,23,26H2,1-3H3,(H-,34,35,37)/p+1. The largest absolute Gasteiger partial charge is 0.497 e. The van der Waals surface area contributed by atoms with E-state index in [2.05, 4.69) is 40.6 Å². The summed E-state index contributed by atoms with van der Waals surface area (Å²) in [4.78, 5) is 13.0. The van der Waals surface area contributed by atoms with Gasteiger partial charge in [0.25, 0.3) is 0 Å². The van der Waals surface area contributed by atoms with E-state index in [1.807, 2.05) is 42.5 Å². The van der Waals surface area contributed by atoms with Crippen molar-refractivity contribution in [1.29, 1.82) is 0 Å². The molecule has 0 aliphatic rings. The van der Waals surface area contributed by atoms with Gasteiger partial charge in [-0.15, -0.1) is 0 Å². The highest BCUT2D eigenvalue weighted by Crippen LogP contribution is 2.30. The third-order valence-corrected chi connectivity index (χ3v) is 8.02. The van der Waals surface area contributed by atoms with Crippen LogP contribution in [0.1, 0.15) is 94.5 Å². The molecule has 0 unspecified atom stereocenters. The summed E-state index contributed by atoms with van der Waals surface area (Å²) in [6, 6.07) is 13.1. The summed E-state index contributed by atoms with van der Waals surface area (Å²) in [5, 5.41) is 9.27. The summed E-state index contributed by atoms with van der Waals surface area (Å²) < 4.78 is 13.7. The average Bonchev–Trinajstić information content (AvgIpc) is 3.37. The topological polar surface area (TPSA) is 63.5 Å². The summed E-state index contributed by atoms with van der Waals surface area (Å²) >= 11 is 1.71. The van der Waals surface area contributed by atoms with E-state index >= 15 is 0 Å². The van der Waals surface area contributed by atoms with Crippen molar-refractivity contribution in [3.05, 3.63) is 64.6 Å². The number of aryl methyl sites for hydroxylation is 1. The van der Waals surface area contributed by atoms with Crippen LogP contribution in [0.15, 0.2) is 54.0 Å². The lowest BCUT2D eigenvalue weighted by molar-refractivity contribution is -0.689. The van der Waals surface area contributed by atoms with Crippen LogP contribution in [0, 0.1) is 6.92 Å². The van der Waals surface area contributed by atoms with Crippen molar-refractivity contribution >= 4 is 28.7 Å². The van der Waals surface area contributed by atoms with Crippen LogP contribution < -0.4 is 24.7 Å². The minimum Gasteiger partial charge on any atom is -0.497 e. The normalized spacial score (nSPS) is 10.9. The van der Waals surface area contributed by atoms with Gasteiger partial charge < -0.3 is 20.1 Å². The summed E-state index contributed by atoms with van der Waals surface area (Å²) in [5.74, 6) is 1.32. The number of amides is 2. The number of methoxy groups -OCH3 is 1. The molecule has 0 saturated heterocycles. The number of rotatable bonds is 19. The molecule has 1 aromatic heterocycles. The van der Waals surface area contributed by atoms with Gasteiger partial charge in [0.05, 0.1) is 30.5 Å². The lowest BCUT2D eigenvalue weighted by atomic mass is 10.1. The van der Waals surface area contributed by atoms with Crippen molar-refractivity contribution in [3.8, 4) is 11.5 Å². The number of anilines is 2. The zero-order chi connectivity index (χ0) is 28.4. The fourth-order valence-electron chi connectivity index (χ4n) is 4.76. The Morgan fingerprint density at radius 1 is 0.850 bits per heavy atom. The quantitative estimate of drug-likeness (QED) is 0.112. The van der Waals surface area contributed by atoms with E-state index in [0.29, 0.717) is 30.3 Å². The third-order valence-electron chi connectivity index (χ3n) is 7.18. The molecule has 0 aliphatic carbocycles. The van der Waals surface area contributed by atoms with Crippen molar-refractivity contribution < 1.29 is 18.8 Å². The van der Waals surface area contributed by atoms with Gasteiger partial charge in [-0.2, -0.15) is 4.57 Å². The second-order valence-electron chi connectivity index (χ2n) is 10.4. The molecule has 0 saturated carbocycles. The minimum absolute atomic E-state index is 0.306. The van der Waals surface area contributed by atoms with Crippen LogP contribution in [0.25, 0.3) is 0 Å². The highest BCUT2D eigenvalue weighted by atomic mass is 32.1. The number of ether oxygens (including phenoxy) is 2. The van der Waals surface area contributed by atoms with Gasteiger partial charge in [-0.3, -0.25) is 0 Å². The van der Waals surface area contributed by atoms with Crippen LogP contribution >= 0.6 is 11.3 Å². The van der Waals surface area contributed by atoms with Gasteiger partial charge in [-0.1, -0.05) is 107 Å². The van der Waals surface area contributed by atoms with E-state index < -0.39 is 0 Å². The SMILES string of the molecule is CCCCCCCCCCCCCCOc1cc(OC)ccc1NC(=O)Nc1ccccc1C[n+]1ccsc1C. The Hall–Kier alpha value is -3.06. The summed E-state index contributed by atoms with van der Waals surface area (Å²) in [6.45, 7) is 5.67. The van der Waals surface area contributed by atoms with E-state index in [0.717, 1.165) is 24.1 Å². The second-order valence-corrected chi connectivity index (χ2v) is 11.5. The van der Waals surface area contributed by atoms with E-state index in [1.54, 1.807) is 18.4 Å². The smallest absolute Gasteiger partial charge is 0.323 e.